The second-order valence-electron chi connectivity index (χ2n) is 9.25. The molecule has 1 aliphatic heterocycles. The molecule has 1 aromatic rings. The number of halogens is 1. The second-order valence-corrected chi connectivity index (χ2v) is 9.25. The molecule has 28 heavy (non-hydrogen) atoms. The van der Waals surface area contributed by atoms with E-state index in [1.807, 2.05) is 20.8 Å². The second kappa shape index (κ2) is 8.68. The van der Waals surface area contributed by atoms with Crippen molar-refractivity contribution in [3.8, 4) is 0 Å². The highest BCUT2D eigenvalue weighted by Crippen LogP contribution is 2.31. The summed E-state index contributed by atoms with van der Waals surface area (Å²) in [6.45, 7) is 10.4. The van der Waals surface area contributed by atoms with E-state index >= 15 is 0 Å². The number of anilines is 2. The molecule has 6 heteroatoms. The van der Waals surface area contributed by atoms with Gasteiger partial charge in [0.1, 0.15) is 11.4 Å². The molecule has 0 aromatic heterocycles. The Bertz CT molecular complexity index is 673. The summed E-state index contributed by atoms with van der Waals surface area (Å²) in [5, 5.41) is 0. The van der Waals surface area contributed by atoms with E-state index in [0.717, 1.165) is 58.4 Å². The third kappa shape index (κ3) is 5.60. The maximum absolute atomic E-state index is 14.1. The van der Waals surface area contributed by atoms with E-state index in [2.05, 4.69) is 9.80 Å². The summed E-state index contributed by atoms with van der Waals surface area (Å²) >= 11 is 0. The van der Waals surface area contributed by atoms with Crippen LogP contribution >= 0.6 is 0 Å². The number of nitrogen functional groups attached to an aromatic ring is 1. The topological polar surface area (TPSA) is 58.8 Å². The zero-order valence-electron chi connectivity index (χ0n) is 17.4. The number of carbonyl (C=O) groups is 1. The van der Waals surface area contributed by atoms with Crippen LogP contribution in [0.5, 0.6) is 0 Å². The molecule has 1 saturated heterocycles. The smallest absolute Gasteiger partial charge is 0.309 e. The Morgan fingerprint density at radius 1 is 1.14 bits per heavy atom. The molecule has 0 bridgehead atoms. The van der Waals surface area contributed by atoms with Gasteiger partial charge in [0, 0.05) is 38.4 Å². The SMILES string of the molecule is CC(C)(C)OC(=O)[C@H]1CC[C@H](CN2CCN(c3ccc(N)cc3F)CC2)CC1. The fourth-order valence-corrected chi connectivity index (χ4v) is 4.28. The molecule has 0 amide bonds. The van der Waals surface area contributed by atoms with Gasteiger partial charge >= 0.3 is 5.97 Å². The Balaban J connectivity index is 1.42. The van der Waals surface area contributed by atoms with Crippen LogP contribution < -0.4 is 10.6 Å². The molecule has 3 rings (SSSR count). The highest BCUT2D eigenvalue weighted by Gasteiger charge is 2.31. The van der Waals surface area contributed by atoms with Gasteiger partial charge in [-0.1, -0.05) is 0 Å². The first-order valence-electron chi connectivity index (χ1n) is 10.5. The third-order valence-electron chi connectivity index (χ3n) is 5.79. The van der Waals surface area contributed by atoms with Gasteiger partial charge in [-0.25, -0.2) is 4.39 Å². The van der Waals surface area contributed by atoms with Crippen LogP contribution in [0.2, 0.25) is 0 Å². The number of hydrogen-bond donors (Lipinski definition) is 1. The fraction of sp³-hybridized carbons (Fsp3) is 0.682. The van der Waals surface area contributed by atoms with Crippen LogP contribution in [-0.2, 0) is 9.53 Å². The molecule has 1 aliphatic carbocycles. The van der Waals surface area contributed by atoms with Gasteiger partial charge in [-0.3, -0.25) is 9.69 Å². The first-order chi connectivity index (χ1) is 13.2. The minimum atomic E-state index is -0.405. The van der Waals surface area contributed by atoms with Crippen LogP contribution in [-0.4, -0.2) is 49.2 Å². The Hall–Kier alpha value is -1.82. The summed E-state index contributed by atoms with van der Waals surface area (Å²) in [5.74, 6) is 0.415. The van der Waals surface area contributed by atoms with Crippen molar-refractivity contribution in [2.45, 2.75) is 52.1 Å². The molecular formula is C22H34FN3O2. The number of rotatable bonds is 4. The van der Waals surface area contributed by atoms with E-state index in [4.69, 9.17) is 10.5 Å². The molecule has 2 aliphatic rings. The summed E-state index contributed by atoms with van der Waals surface area (Å²) in [5.41, 5.74) is 6.35. The summed E-state index contributed by atoms with van der Waals surface area (Å²) < 4.78 is 19.7. The first kappa shape index (κ1) is 20.9. The largest absolute Gasteiger partial charge is 0.460 e. The van der Waals surface area contributed by atoms with E-state index in [1.165, 1.54) is 6.07 Å². The molecule has 1 saturated carbocycles. The number of nitrogens with zero attached hydrogens (tertiary/aromatic N) is 2. The average molecular weight is 392 g/mol. The molecule has 0 unspecified atom stereocenters. The van der Waals surface area contributed by atoms with E-state index < -0.39 is 5.60 Å². The average Bonchev–Trinajstić information content (AvgIpc) is 2.62. The van der Waals surface area contributed by atoms with Crippen LogP contribution in [0.1, 0.15) is 46.5 Å². The predicted octanol–water partition coefficient (Wildman–Crippen LogP) is 3.68. The lowest BCUT2D eigenvalue weighted by molar-refractivity contribution is -0.161. The Morgan fingerprint density at radius 3 is 2.36 bits per heavy atom. The van der Waals surface area contributed by atoms with E-state index in [1.54, 1.807) is 12.1 Å². The van der Waals surface area contributed by atoms with Crippen LogP contribution in [0.3, 0.4) is 0 Å². The summed E-state index contributed by atoms with van der Waals surface area (Å²) in [7, 11) is 0. The fourth-order valence-electron chi connectivity index (χ4n) is 4.28. The van der Waals surface area contributed by atoms with Gasteiger partial charge in [0.15, 0.2) is 0 Å². The Kier molecular flexibility index (Phi) is 6.48. The van der Waals surface area contributed by atoms with Crippen LogP contribution in [0.15, 0.2) is 18.2 Å². The lowest BCUT2D eigenvalue weighted by atomic mass is 9.81. The zero-order valence-corrected chi connectivity index (χ0v) is 17.4. The van der Waals surface area contributed by atoms with Crippen LogP contribution in [0.25, 0.3) is 0 Å². The standard InChI is InChI=1S/C22H34FN3O2/c1-22(2,3)28-21(27)17-6-4-16(5-7-17)15-25-10-12-26(13-11-25)20-9-8-18(24)14-19(20)23/h8-9,14,16-17H,4-7,10-13,15,24H2,1-3H3/t16-,17-. The lowest BCUT2D eigenvalue weighted by Gasteiger charge is -2.39. The van der Waals surface area contributed by atoms with Gasteiger partial charge in [0.25, 0.3) is 0 Å². The van der Waals surface area contributed by atoms with Crippen molar-refractivity contribution in [3.63, 3.8) is 0 Å². The molecule has 5 nitrogen and oxygen atoms in total. The summed E-state index contributed by atoms with van der Waals surface area (Å²) in [6, 6.07) is 4.93. The Morgan fingerprint density at radius 2 is 1.79 bits per heavy atom. The van der Waals surface area contributed by atoms with Gasteiger partial charge < -0.3 is 15.4 Å². The molecule has 2 N–H and O–H groups in total. The number of esters is 1. The van der Waals surface area contributed by atoms with E-state index in [9.17, 15) is 9.18 Å². The summed E-state index contributed by atoms with van der Waals surface area (Å²) in [4.78, 5) is 16.8. The van der Waals surface area contributed by atoms with E-state index in [-0.39, 0.29) is 17.7 Å². The number of ether oxygens (including phenoxy) is 1. The van der Waals surface area contributed by atoms with Crippen molar-refractivity contribution in [2.75, 3.05) is 43.4 Å². The third-order valence-corrected chi connectivity index (χ3v) is 5.79. The normalized spacial score (nSPS) is 24.2. The number of carbonyl (C=O) groups excluding carboxylic acids is 1. The quantitative estimate of drug-likeness (QED) is 0.627. The molecule has 156 valence electrons. The Labute approximate surface area is 168 Å². The van der Waals surface area contributed by atoms with Crippen LogP contribution in [0, 0.1) is 17.7 Å². The van der Waals surface area contributed by atoms with E-state index in [0.29, 0.717) is 17.3 Å². The highest BCUT2D eigenvalue weighted by atomic mass is 19.1. The molecule has 0 radical (unpaired) electrons. The van der Waals surface area contributed by atoms with Gasteiger partial charge in [0.2, 0.25) is 0 Å². The minimum absolute atomic E-state index is 0.0370. The monoisotopic (exact) mass is 391 g/mol. The number of hydrogen-bond acceptors (Lipinski definition) is 5. The number of nitrogens with two attached hydrogens (primary N) is 1. The predicted molar refractivity (Wildman–Crippen MR) is 111 cm³/mol. The molecule has 1 aromatic carbocycles. The minimum Gasteiger partial charge on any atom is -0.460 e. The van der Waals surface area contributed by atoms with Crippen LogP contribution in [0.4, 0.5) is 15.8 Å². The number of benzene rings is 1. The molecule has 0 spiro atoms. The number of piperazine rings is 1. The first-order valence-corrected chi connectivity index (χ1v) is 10.5. The van der Waals surface area contributed by atoms with Gasteiger partial charge in [-0.2, -0.15) is 0 Å². The lowest BCUT2D eigenvalue weighted by Crippen LogP contribution is -2.48. The highest BCUT2D eigenvalue weighted by molar-refractivity contribution is 5.73. The van der Waals surface area contributed by atoms with Crippen molar-refractivity contribution < 1.29 is 13.9 Å². The van der Waals surface area contributed by atoms with Gasteiger partial charge in [-0.05, 0) is 70.6 Å². The summed E-state index contributed by atoms with van der Waals surface area (Å²) in [6.07, 6.45) is 4.01. The maximum Gasteiger partial charge on any atom is 0.309 e. The molecule has 0 atom stereocenters. The van der Waals surface area contributed by atoms with Crippen molar-refractivity contribution in [2.24, 2.45) is 11.8 Å². The zero-order chi connectivity index (χ0) is 20.3. The molecule has 1 heterocycles. The molecular weight excluding hydrogens is 357 g/mol. The maximum atomic E-state index is 14.1. The van der Waals surface area contributed by atoms with Gasteiger partial charge in [0.05, 0.1) is 11.6 Å². The van der Waals surface area contributed by atoms with Crippen molar-refractivity contribution in [1.29, 1.82) is 0 Å². The van der Waals surface area contributed by atoms with Crippen molar-refractivity contribution >= 4 is 17.3 Å². The van der Waals surface area contributed by atoms with Crippen molar-refractivity contribution in [1.82, 2.24) is 4.90 Å². The molecule has 2 fully saturated rings. The van der Waals surface area contributed by atoms with Gasteiger partial charge in [-0.15, -0.1) is 0 Å². The van der Waals surface area contributed by atoms with Crippen molar-refractivity contribution in [3.05, 3.63) is 24.0 Å².